The van der Waals surface area contributed by atoms with Crippen LogP contribution in [-0.2, 0) is 9.59 Å². The minimum Gasteiger partial charge on any atom is -0.454 e. The summed E-state index contributed by atoms with van der Waals surface area (Å²) in [4.78, 5) is 26.1. The zero-order valence-electron chi connectivity index (χ0n) is 14.1. The lowest BCUT2D eigenvalue weighted by atomic mass is 10.0. The first kappa shape index (κ1) is 16.0. The Hall–Kier alpha value is -2.50. The summed E-state index contributed by atoms with van der Waals surface area (Å²) in [6, 6.07) is 5.72. The van der Waals surface area contributed by atoms with Gasteiger partial charge < -0.3 is 19.7 Å². The number of nitrogens with zero attached hydrogens (tertiary/aromatic N) is 1. The van der Waals surface area contributed by atoms with Crippen molar-refractivity contribution < 1.29 is 19.1 Å². The fourth-order valence-corrected chi connectivity index (χ4v) is 3.27. The SMILES string of the molecule is O=C(/C=C\c1ccc2c(c1)OCO2)NC1CCN(C(=O)C2CC2)CC1. The molecule has 2 fully saturated rings. The summed E-state index contributed by atoms with van der Waals surface area (Å²) in [5.41, 5.74) is 0.893. The van der Waals surface area contributed by atoms with E-state index in [9.17, 15) is 9.59 Å². The van der Waals surface area contributed by atoms with Crippen LogP contribution < -0.4 is 14.8 Å². The summed E-state index contributed by atoms with van der Waals surface area (Å²) in [5, 5.41) is 3.03. The number of carbonyl (C=O) groups is 2. The van der Waals surface area contributed by atoms with E-state index >= 15 is 0 Å². The molecule has 1 saturated heterocycles. The van der Waals surface area contributed by atoms with E-state index in [0.29, 0.717) is 11.7 Å². The summed E-state index contributed by atoms with van der Waals surface area (Å²) < 4.78 is 10.6. The second-order valence-electron chi connectivity index (χ2n) is 6.83. The van der Waals surface area contributed by atoms with Gasteiger partial charge in [0.2, 0.25) is 18.6 Å². The van der Waals surface area contributed by atoms with Gasteiger partial charge in [0.25, 0.3) is 0 Å². The summed E-state index contributed by atoms with van der Waals surface area (Å²) >= 11 is 0. The van der Waals surface area contributed by atoms with E-state index in [1.807, 2.05) is 23.1 Å². The highest BCUT2D eigenvalue weighted by molar-refractivity contribution is 5.92. The minimum absolute atomic E-state index is 0.107. The number of likely N-dealkylation sites (tertiary alicyclic amines) is 1. The quantitative estimate of drug-likeness (QED) is 0.849. The van der Waals surface area contributed by atoms with Gasteiger partial charge in [-0.05, 0) is 49.5 Å². The number of carbonyl (C=O) groups excluding carboxylic acids is 2. The Kier molecular flexibility index (Phi) is 4.34. The smallest absolute Gasteiger partial charge is 0.244 e. The van der Waals surface area contributed by atoms with Crippen molar-refractivity contribution in [1.82, 2.24) is 10.2 Å². The van der Waals surface area contributed by atoms with Gasteiger partial charge >= 0.3 is 0 Å². The highest BCUT2D eigenvalue weighted by Gasteiger charge is 2.34. The second-order valence-corrected chi connectivity index (χ2v) is 6.83. The molecule has 0 unspecified atom stereocenters. The normalized spacial score (nSPS) is 20.1. The molecular formula is C19H22N2O4. The van der Waals surface area contributed by atoms with E-state index in [-0.39, 0.29) is 24.7 Å². The molecule has 1 aromatic rings. The Morgan fingerprint density at radius 2 is 1.84 bits per heavy atom. The van der Waals surface area contributed by atoms with Gasteiger partial charge in [-0.1, -0.05) is 6.07 Å². The monoisotopic (exact) mass is 342 g/mol. The average Bonchev–Trinajstić information content (AvgIpc) is 3.37. The van der Waals surface area contributed by atoms with Crippen LogP contribution in [0.25, 0.3) is 6.08 Å². The van der Waals surface area contributed by atoms with Gasteiger partial charge in [0, 0.05) is 31.1 Å². The lowest BCUT2D eigenvalue weighted by molar-refractivity contribution is -0.133. The zero-order valence-corrected chi connectivity index (χ0v) is 14.1. The van der Waals surface area contributed by atoms with Gasteiger partial charge in [0.05, 0.1) is 0 Å². The van der Waals surface area contributed by atoms with Crippen LogP contribution >= 0.6 is 0 Å². The van der Waals surface area contributed by atoms with Crippen LogP contribution in [0.15, 0.2) is 24.3 Å². The Labute approximate surface area is 146 Å². The van der Waals surface area contributed by atoms with Crippen molar-refractivity contribution in [3.8, 4) is 11.5 Å². The van der Waals surface area contributed by atoms with Crippen LogP contribution in [0.3, 0.4) is 0 Å². The molecule has 3 aliphatic rings. The van der Waals surface area contributed by atoms with Crippen LogP contribution in [-0.4, -0.2) is 42.6 Å². The third-order valence-corrected chi connectivity index (χ3v) is 4.90. The lowest BCUT2D eigenvalue weighted by Crippen LogP contribution is -2.46. The third kappa shape index (κ3) is 3.78. The molecule has 0 bridgehead atoms. The van der Waals surface area contributed by atoms with Gasteiger partial charge in [-0.25, -0.2) is 0 Å². The second kappa shape index (κ2) is 6.78. The molecule has 1 aliphatic carbocycles. The predicted octanol–water partition coefficient (Wildman–Crippen LogP) is 1.95. The molecule has 132 valence electrons. The molecule has 6 heteroatoms. The molecule has 1 N–H and O–H groups in total. The summed E-state index contributed by atoms with van der Waals surface area (Å²) in [7, 11) is 0. The first-order valence-corrected chi connectivity index (χ1v) is 8.86. The standard InChI is InChI=1S/C19H22N2O4/c22-18(6-2-13-1-5-16-17(11-13)25-12-24-16)20-15-7-9-21(10-8-15)19(23)14-3-4-14/h1-2,5-6,11,14-15H,3-4,7-10,12H2,(H,20,22)/b6-2-. The van der Waals surface area contributed by atoms with E-state index in [1.54, 1.807) is 12.2 Å². The molecule has 0 aromatic heterocycles. The molecule has 0 atom stereocenters. The van der Waals surface area contributed by atoms with Crippen LogP contribution in [0.4, 0.5) is 0 Å². The number of nitrogens with one attached hydrogen (secondary N) is 1. The highest BCUT2D eigenvalue weighted by atomic mass is 16.7. The number of piperidine rings is 1. The van der Waals surface area contributed by atoms with Crippen LogP contribution in [0.5, 0.6) is 11.5 Å². The number of amides is 2. The van der Waals surface area contributed by atoms with Crippen molar-refractivity contribution in [3.63, 3.8) is 0 Å². The maximum absolute atomic E-state index is 12.1. The average molecular weight is 342 g/mol. The van der Waals surface area contributed by atoms with Gasteiger partial charge in [-0.3, -0.25) is 9.59 Å². The largest absolute Gasteiger partial charge is 0.454 e. The van der Waals surface area contributed by atoms with Gasteiger partial charge in [-0.15, -0.1) is 0 Å². The van der Waals surface area contributed by atoms with Crippen molar-refractivity contribution in [3.05, 3.63) is 29.8 Å². The molecule has 4 rings (SSSR count). The molecule has 6 nitrogen and oxygen atoms in total. The first-order chi connectivity index (χ1) is 12.2. The fraction of sp³-hybridized carbons (Fsp3) is 0.474. The molecule has 0 radical (unpaired) electrons. The Morgan fingerprint density at radius 1 is 1.08 bits per heavy atom. The summed E-state index contributed by atoms with van der Waals surface area (Å²) in [6.07, 6.45) is 7.03. The third-order valence-electron chi connectivity index (χ3n) is 4.90. The van der Waals surface area contributed by atoms with Crippen LogP contribution in [0.2, 0.25) is 0 Å². The Morgan fingerprint density at radius 3 is 2.60 bits per heavy atom. The highest BCUT2D eigenvalue weighted by Crippen LogP contribution is 2.33. The van der Waals surface area contributed by atoms with Gasteiger partial charge in [-0.2, -0.15) is 0 Å². The minimum atomic E-state index is -0.107. The molecule has 1 saturated carbocycles. The van der Waals surface area contributed by atoms with Crippen molar-refractivity contribution in [2.45, 2.75) is 31.7 Å². The van der Waals surface area contributed by atoms with E-state index in [1.165, 1.54) is 0 Å². The maximum Gasteiger partial charge on any atom is 0.244 e. The summed E-state index contributed by atoms with van der Waals surface area (Å²) in [5.74, 6) is 1.90. The number of fused-ring (bicyclic) bond motifs is 1. The van der Waals surface area contributed by atoms with Crippen molar-refractivity contribution in [2.24, 2.45) is 5.92 Å². The summed E-state index contributed by atoms with van der Waals surface area (Å²) in [6.45, 7) is 1.73. The van der Waals surface area contributed by atoms with Crippen molar-refractivity contribution in [2.75, 3.05) is 19.9 Å². The molecule has 1 aromatic carbocycles. The van der Waals surface area contributed by atoms with Crippen LogP contribution in [0, 0.1) is 5.92 Å². The number of ether oxygens (including phenoxy) is 2. The van der Waals surface area contributed by atoms with Crippen molar-refractivity contribution >= 4 is 17.9 Å². The molecule has 2 heterocycles. The van der Waals surface area contributed by atoms with Crippen LogP contribution in [0.1, 0.15) is 31.2 Å². The van der Waals surface area contributed by atoms with E-state index in [4.69, 9.17) is 9.47 Å². The van der Waals surface area contributed by atoms with Gasteiger partial charge in [0.15, 0.2) is 11.5 Å². The number of hydrogen-bond acceptors (Lipinski definition) is 4. The number of hydrogen-bond donors (Lipinski definition) is 1. The molecule has 25 heavy (non-hydrogen) atoms. The Balaban J connectivity index is 1.26. The van der Waals surface area contributed by atoms with E-state index in [2.05, 4.69) is 5.32 Å². The molecule has 2 aliphatic heterocycles. The zero-order chi connectivity index (χ0) is 17.2. The van der Waals surface area contributed by atoms with E-state index < -0.39 is 0 Å². The topological polar surface area (TPSA) is 67.9 Å². The van der Waals surface area contributed by atoms with Crippen molar-refractivity contribution in [1.29, 1.82) is 0 Å². The molecule has 0 spiro atoms. The van der Waals surface area contributed by atoms with E-state index in [0.717, 1.165) is 50.1 Å². The number of benzene rings is 1. The molecule has 2 amide bonds. The Bertz CT molecular complexity index is 703. The number of rotatable bonds is 4. The fourth-order valence-electron chi connectivity index (χ4n) is 3.27. The van der Waals surface area contributed by atoms with Gasteiger partial charge in [0.1, 0.15) is 0 Å². The predicted molar refractivity (Wildman–Crippen MR) is 92.1 cm³/mol. The molecular weight excluding hydrogens is 320 g/mol. The first-order valence-electron chi connectivity index (χ1n) is 8.86. The maximum atomic E-state index is 12.1. The lowest BCUT2D eigenvalue weighted by Gasteiger charge is -2.32.